The molecule has 2 aromatic heterocycles. The van der Waals surface area contributed by atoms with Crippen molar-refractivity contribution < 1.29 is 59.7 Å². The SMILES string of the molecule is C=CCC[C@@](OCc1ccccc1)(c1nnc(-c2nc(O)c(C(F)(F)F)cc2N(C(=O)OC(C)(C)C)C(=O)OC(C)(C)C)o1)C(F)(F)F. The molecule has 0 saturated heterocycles. The Hall–Kier alpha value is -4.67. The van der Waals surface area contributed by atoms with Crippen LogP contribution in [0.5, 0.6) is 5.88 Å². The molecule has 0 aliphatic rings. The highest BCUT2D eigenvalue weighted by Crippen LogP contribution is 2.47. The first-order valence-corrected chi connectivity index (χ1v) is 14.3. The Morgan fingerprint density at radius 1 is 0.938 bits per heavy atom. The van der Waals surface area contributed by atoms with E-state index >= 15 is 0 Å². The van der Waals surface area contributed by atoms with Crippen LogP contribution in [-0.4, -0.2) is 49.9 Å². The molecule has 1 aromatic carbocycles. The van der Waals surface area contributed by atoms with Crippen LogP contribution < -0.4 is 4.90 Å². The van der Waals surface area contributed by atoms with Gasteiger partial charge in [0.15, 0.2) is 5.69 Å². The maximum absolute atomic E-state index is 14.9. The summed E-state index contributed by atoms with van der Waals surface area (Å²) >= 11 is 0. The van der Waals surface area contributed by atoms with Crippen LogP contribution in [0.2, 0.25) is 0 Å². The molecule has 2 heterocycles. The van der Waals surface area contributed by atoms with E-state index in [0.717, 1.165) is 0 Å². The van der Waals surface area contributed by atoms with Crippen molar-refractivity contribution in [2.24, 2.45) is 0 Å². The number of carbonyl (C=O) groups is 2. The van der Waals surface area contributed by atoms with Crippen LogP contribution in [0.4, 0.5) is 41.6 Å². The minimum atomic E-state index is -5.29. The second-order valence-electron chi connectivity index (χ2n) is 12.4. The summed E-state index contributed by atoms with van der Waals surface area (Å²) in [7, 11) is 0. The quantitative estimate of drug-likeness (QED) is 0.172. The Morgan fingerprint density at radius 2 is 1.50 bits per heavy atom. The van der Waals surface area contributed by atoms with Crippen LogP contribution in [0.1, 0.15) is 71.4 Å². The molecular formula is C31H34F6N4O7. The summed E-state index contributed by atoms with van der Waals surface area (Å²) < 4.78 is 108. The number of amides is 2. The normalized spacial score (nSPS) is 13.8. The predicted octanol–water partition coefficient (Wildman–Crippen LogP) is 8.47. The Morgan fingerprint density at radius 3 is 1.98 bits per heavy atom. The number of hydrogen-bond acceptors (Lipinski definition) is 10. The zero-order valence-corrected chi connectivity index (χ0v) is 26.8. The van der Waals surface area contributed by atoms with Gasteiger partial charge in [0.05, 0.1) is 12.3 Å². The van der Waals surface area contributed by atoms with E-state index in [0.29, 0.717) is 5.56 Å². The first kappa shape index (κ1) is 37.8. The van der Waals surface area contributed by atoms with Crippen molar-refractivity contribution in [3.8, 4) is 17.5 Å². The van der Waals surface area contributed by atoms with Crippen molar-refractivity contribution in [2.45, 2.75) is 90.1 Å². The molecule has 0 saturated carbocycles. The van der Waals surface area contributed by atoms with Crippen LogP contribution >= 0.6 is 0 Å². The number of ether oxygens (including phenoxy) is 3. The average molecular weight is 689 g/mol. The van der Waals surface area contributed by atoms with Gasteiger partial charge in [-0.15, -0.1) is 16.8 Å². The Bertz CT molecular complexity index is 1580. The van der Waals surface area contributed by atoms with Crippen LogP contribution in [0.15, 0.2) is 53.5 Å². The molecule has 48 heavy (non-hydrogen) atoms. The number of alkyl halides is 6. The van der Waals surface area contributed by atoms with Gasteiger partial charge in [0.2, 0.25) is 11.5 Å². The lowest BCUT2D eigenvalue weighted by Gasteiger charge is -2.32. The molecule has 262 valence electrons. The summed E-state index contributed by atoms with van der Waals surface area (Å²) in [5, 5.41) is 17.4. The smallest absolute Gasteiger partial charge is 0.426 e. The van der Waals surface area contributed by atoms with Crippen LogP contribution in [0, 0.1) is 0 Å². The number of anilines is 1. The second kappa shape index (κ2) is 13.8. The number of benzene rings is 1. The number of imide groups is 1. The van der Waals surface area contributed by atoms with Crippen LogP contribution in [0.3, 0.4) is 0 Å². The number of allylic oxidation sites excluding steroid dienone is 1. The molecule has 17 heteroatoms. The van der Waals surface area contributed by atoms with E-state index in [1.165, 1.54) is 59.8 Å². The van der Waals surface area contributed by atoms with Gasteiger partial charge in [-0.1, -0.05) is 36.4 Å². The Kier molecular flexibility index (Phi) is 10.9. The lowest BCUT2D eigenvalue weighted by Crippen LogP contribution is -2.45. The van der Waals surface area contributed by atoms with E-state index in [1.807, 2.05) is 0 Å². The van der Waals surface area contributed by atoms with E-state index in [9.17, 15) is 41.0 Å². The van der Waals surface area contributed by atoms with E-state index in [1.54, 1.807) is 18.2 Å². The summed E-state index contributed by atoms with van der Waals surface area (Å²) in [6.07, 6.45) is -13.5. The van der Waals surface area contributed by atoms with Gasteiger partial charge in [0.25, 0.3) is 11.8 Å². The summed E-state index contributed by atoms with van der Waals surface area (Å²) in [6, 6.07) is 7.97. The highest BCUT2D eigenvalue weighted by Gasteiger charge is 2.61. The molecule has 1 atom stereocenters. The maximum atomic E-state index is 14.9. The Labute approximate surface area is 271 Å². The lowest BCUT2D eigenvalue weighted by molar-refractivity contribution is -0.299. The summed E-state index contributed by atoms with van der Waals surface area (Å²) in [5.74, 6) is -3.88. The average Bonchev–Trinajstić information content (AvgIpc) is 3.41. The molecule has 2 amide bonds. The number of rotatable bonds is 9. The fraction of sp³-hybridized carbons (Fsp3) is 0.452. The lowest BCUT2D eigenvalue weighted by atomic mass is 9.96. The summed E-state index contributed by atoms with van der Waals surface area (Å²) in [4.78, 5) is 30.1. The largest absolute Gasteiger partial charge is 0.493 e. The first-order chi connectivity index (χ1) is 22.0. The minimum absolute atomic E-state index is 0.0258. The standard InChI is InChI=1S/C31H34F6N4O7/c1-8-9-15-29(31(35,36)37,45-17-18-13-11-10-12-14-18)24-40-39-23(46-24)21-20(16-19(22(42)38-21)30(32,33)34)41(25(43)47-27(2,3)4)26(44)48-28(5,6)7/h8,10-14,16H,1,9,15,17H2,2-7H3,(H,38,42)/t29-/m1/s1. The van der Waals surface area contributed by atoms with Gasteiger partial charge in [-0.25, -0.2) is 14.6 Å². The van der Waals surface area contributed by atoms with Crippen LogP contribution in [0.25, 0.3) is 11.6 Å². The molecule has 0 fully saturated rings. The zero-order valence-electron chi connectivity index (χ0n) is 26.8. The van der Waals surface area contributed by atoms with Gasteiger partial charge in [-0.2, -0.15) is 31.2 Å². The third kappa shape index (κ3) is 9.02. The predicted molar refractivity (Wildman–Crippen MR) is 158 cm³/mol. The topological polar surface area (TPSA) is 137 Å². The number of carbonyl (C=O) groups excluding carboxylic acids is 2. The van der Waals surface area contributed by atoms with Crippen molar-refractivity contribution in [1.29, 1.82) is 0 Å². The molecule has 0 radical (unpaired) electrons. The van der Waals surface area contributed by atoms with E-state index < -0.39 is 89.0 Å². The van der Waals surface area contributed by atoms with Crippen LogP contribution in [-0.2, 0) is 32.6 Å². The highest BCUT2D eigenvalue weighted by molar-refractivity contribution is 6.11. The van der Waals surface area contributed by atoms with E-state index in [4.69, 9.17) is 18.6 Å². The van der Waals surface area contributed by atoms with Gasteiger partial charge in [-0.3, -0.25) is 0 Å². The van der Waals surface area contributed by atoms with E-state index in [2.05, 4.69) is 21.8 Å². The molecule has 0 aliphatic heterocycles. The minimum Gasteiger partial charge on any atom is -0.493 e. The fourth-order valence-electron chi connectivity index (χ4n) is 4.07. The highest BCUT2D eigenvalue weighted by atomic mass is 19.4. The van der Waals surface area contributed by atoms with Gasteiger partial charge in [0.1, 0.15) is 16.8 Å². The van der Waals surface area contributed by atoms with Crippen molar-refractivity contribution in [2.75, 3.05) is 4.90 Å². The van der Waals surface area contributed by atoms with Crippen molar-refractivity contribution in [3.63, 3.8) is 0 Å². The zero-order chi connectivity index (χ0) is 36.3. The molecule has 11 nitrogen and oxygen atoms in total. The van der Waals surface area contributed by atoms with Gasteiger partial charge < -0.3 is 23.7 Å². The third-order valence-electron chi connectivity index (χ3n) is 6.14. The molecule has 0 bridgehead atoms. The number of aromatic nitrogens is 3. The maximum Gasteiger partial charge on any atom is 0.426 e. The summed E-state index contributed by atoms with van der Waals surface area (Å²) in [6.45, 7) is 11.3. The molecule has 0 aliphatic carbocycles. The Balaban J connectivity index is 2.32. The van der Waals surface area contributed by atoms with Crippen molar-refractivity contribution in [3.05, 3.63) is 66.1 Å². The molecular weight excluding hydrogens is 654 g/mol. The molecule has 3 rings (SSSR count). The number of nitrogens with zero attached hydrogens (tertiary/aromatic N) is 4. The molecule has 0 spiro atoms. The third-order valence-corrected chi connectivity index (χ3v) is 6.14. The van der Waals surface area contributed by atoms with Gasteiger partial charge >= 0.3 is 24.5 Å². The number of hydrogen-bond donors (Lipinski definition) is 1. The van der Waals surface area contributed by atoms with E-state index in [-0.39, 0.29) is 17.4 Å². The van der Waals surface area contributed by atoms with Crippen molar-refractivity contribution in [1.82, 2.24) is 15.2 Å². The monoisotopic (exact) mass is 688 g/mol. The number of pyridine rings is 1. The molecule has 3 aromatic rings. The summed E-state index contributed by atoms with van der Waals surface area (Å²) in [5.41, 5.74) is -9.40. The van der Waals surface area contributed by atoms with Gasteiger partial charge in [-0.05, 0) is 66.0 Å². The first-order valence-electron chi connectivity index (χ1n) is 14.3. The van der Waals surface area contributed by atoms with Crippen molar-refractivity contribution >= 4 is 17.9 Å². The fourth-order valence-corrected chi connectivity index (χ4v) is 4.07. The van der Waals surface area contributed by atoms with Gasteiger partial charge in [0, 0.05) is 0 Å². The number of aromatic hydroxyl groups is 1. The molecule has 1 N–H and O–H groups in total. The second-order valence-corrected chi connectivity index (χ2v) is 12.4. The molecule has 0 unspecified atom stereocenters. The number of halogens is 6.